The lowest BCUT2D eigenvalue weighted by molar-refractivity contribution is 0.312. The smallest absolute Gasteiger partial charge is 0.105 e. The highest BCUT2D eigenvalue weighted by molar-refractivity contribution is 5.24. The molecule has 2 heteroatoms. The van der Waals surface area contributed by atoms with Crippen LogP contribution in [-0.4, -0.2) is 6.54 Å². The van der Waals surface area contributed by atoms with Gasteiger partial charge in [-0.05, 0) is 38.3 Å². The lowest BCUT2D eigenvalue weighted by atomic mass is 9.85. The fourth-order valence-corrected chi connectivity index (χ4v) is 2.15. The summed E-state index contributed by atoms with van der Waals surface area (Å²) in [6, 6.07) is 2.57. The van der Waals surface area contributed by atoms with E-state index < -0.39 is 0 Å². The topological polar surface area (TPSA) is 25.2 Å². The van der Waals surface area contributed by atoms with E-state index in [4.69, 9.17) is 4.42 Å². The van der Waals surface area contributed by atoms with E-state index in [1.165, 1.54) is 5.56 Å². The normalized spacial score (nSPS) is 14.1. The molecule has 16 heavy (non-hydrogen) atoms. The van der Waals surface area contributed by atoms with E-state index >= 15 is 0 Å². The first kappa shape index (κ1) is 13.3. The Morgan fingerprint density at radius 1 is 1.31 bits per heavy atom. The Morgan fingerprint density at radius 3 is 2.31 bits per heavy atom. The minimum atomic E-state index is 0.324. The van der Waals surface area contributed by atoms with Gasteiger partial charge in [0.05, 0.1) is 0 Å². The first-order chi connectivity index (χ1) is 7.33. The van der Waals surface area contributed by atoms with Gasteiger partial charge in [0.25, 0.3) is 0 Å². The van der Waals surface area contributed by atoms with E-state index in [0.29, 0.717) is 11.5 Å². The SMILES string of the molecule is CCNC(CC(C)(C)C)c1cc(C)oc1C. The van der Waals surface area contributed by atoms with Crippen molar-refractivity contribution in [2.45, 2.75) is 54.0 Å². The van der Waals surface area contributed by atoms with E-state index in [1.807, 2.05) is 6.92 Å². The lowest BCUT2D eigenvalue weighted by Crippen LogP contribution is -2.25. The van der Waals surface area contributed by atoms with Crippen LogP contribution in [0.1, 0.15) is 57.2 Å². The highest BCUT2D eigenvalue weighted by atomic mass is 16.3. The monoisotopic (exact) mass is 223 g/mol. The zero-order chi connectivity index (χ0) is 12.3. The molecular weight excluding hydrogens is 198 g/mol. The molecule has 1 N–H and O–H groups in total. The molecule has 1 aromatic heterocycles. The molecule has 1 rings (SSSR count). The molecule has 0 radical (unpaired) electrons. The molecule has 0 fully saturated rings. The second kappa shape index (κ2) is 5.05. The van der Waals surface area contributed by atoms with Crippen LogP contribution in [0.5, 0.6) is 0 Å². The molecule has 1 aromatic rings. The zero-order valence-electron chi connectivity index (χ0n) is 11.5. The van der Waals surface area contributed by atoms with Crippen molar-refractivity contribution >= 4 is 0 Å². The predicted molar refractivity (Wildman–Crippen MR) is 68.7 cm³/mol. The second-order valence-electron chi connectivity index (χ2n) is 5.74. The number of hydrogen-bond acceptors (Lipinski definition) is 2. The van der Waals surface area contributed by atoms with Gasteiger partial charge < -0.3 is 9.73 Å². The molecule has 1 unspecified atom stereocenters. The van der Waals surface area contributed by atoms with Crippen molar-refractivity contribution in [2.75, 3.05) is 6.54 Å². The molecule has 0 bridgehead atoms. The first-order valence-electron chi connectivity index (χ1n) is 6.14. The third kappa shape index (κ3) is 3.67. The molecular formula is C14H25NO. The van der Waals surface area contributed by atoms with E-state index in [0.717, 1.165) is 24.5 Å². The maximum atomic E-state index is 5.62. The van der Waals surface area contributed by atoms with Crippen molar-refractivity contribution in [2.24, 2.45) is 5.41 Å². The van der Waals surface area contributed by atoms with Crippen molar-refractivity contribution in [3.63, 3.8) is 0 Å². The van der Waals surface area contributed by atoms with Crippen LogP contribution >= 0.6 is 0 Å². The summed E-state index contributed by atoms with van der Waals surface area (Å²) in [6.07, 6.45) is 1.13. The van der Waals surface area contributed by atoms with Crippen molar-refractivity contribution in [1.82, 2.24) is 5.32 Å². The van der Waals surface area contributed by atoms with Gasteiger partial charge >= 0.3 is 0 Å². The average Bonchev–Trinajstić information content (AvgIpc) is 2.42. The van der Waals surface area contributed by atoms with Crippen LogP contribution in [0.2, 0.25) is 0 Å². The Balaban J connectivity index is 2.89. The highest BCUT2D eigenvalue weighted by Gasteiger charge is 2.22. The van der Waals surface area contributed by atoms with Crippen molar-refractivity contribution < 1.29 is 4.42 Å². The van der Waals surface area contributed by atoms with E-state index in [-0.39, 0.29) is 0 Å². The molecule has 0 aliphatic heterocycles. The third-order valence-electron chi connectivity index (χ3n) is 2.72. The molecule has 0 spiro atoms. The van der Waals surface area contributed by atoms with E-state index in [2.05, 4.69) is 46.0 Å². The van der Waals surface area contributed by atoms with Gasteiger partial charge in [0.1, 0.15) is 11.5 Å². The summed E-state index contributed by atoms with van der Waals surface area (Å²) in [4.78, 5) is 0. The molecule has 0 aliphatic carbocycles. The molecule has 0 aromatic carbocycles. The number of nitrogens with one attached hydrogen (secondary N) is 1. The number of furan rings is 1. The zero-order valence-corrected chi connectivity index (χ0v) is 11.5. The lowest BCUT2D eigenvalue weighted by Gasteiger charge is -2.26. The largest absolute Gasteiger partial charge is 0.466 e. The first-order valence-corrected chi connectivity index (χ1v) is 6.14. The molecule has 0 amide bonds. The summed E-state index contributed by atoms with van der Waals surface area (Å²) < 4.78 is 5.62. The standard InChI is InChI=1S/C14H25NO/c1-7-15-13(9-14(4,5)6)12-8-10(2)16-11(12)3/h8,13,15H,7,9H2,1-6H3. The van der Waals surface area contributed by atoms with Gasteiger partial charge in [0.2, 0.25) is 0 Å². The van der Waals surface area contributed by atoms with Gasteiger partial charge in [-0.3, -0.25) is 0 Å². The van der Waals surface area contributed by atoms with Gasteiger partial charge in [-0.2, -0.15) is 0 Å². The Kier molecular flexibility index (Phi) is 4.20. The number of hydrogen-bond donors (Lipinski definition) is 1. The van der Waals surface area contributed by atoms with Crippen LogP contribution < -0.4 is 5.32 Å². The average molecular weight is 223 g/mol. The third-order valence-corrected chi connectivity index (χ3v) is 2.72. The van der Waals surface area contributed by atoms with Crippen LogP contribution in [0, 0.1) is 19.3 Å². The molecule has 0 saturated heterocycles. The van der Waals surface area contributed by atoms with Gasteiger partial charge in [-0.25, -0.2) is 0 Å². The van der Waals surface area contributed by atoms with Crippen LogP contribution in [-0.2, 0) is 0 Å². The molecule has 0 saturated carbocycles. The summed E-state index contributed by atoms with van der Waals surface area (Å²) in [5, 5.41) is 3.55. The Morgan fingerprint density at radius 2 is 1.94 bits per heavy atom. The summed E-state index contributed by atoms with van der Waals surface area (Å²) in [5.74, 6) is 2.05. The Bertz CT molecular complexity index is 333. The van der Waals surface area contributed by atoms with Gasteiger partial charge in [0.15, 0.2) is 0 Å². The van der Waals surface area contributed by atoms with Crippen LogP contribution in [0.3, 0.4) is 0 Å². The molecule has 1 heterocycles. The Hall–Kier alpha value is -0.760. The maximum absolute atomic E-state index is 5.62. The van der Waals surface area contributed by atoms with Crippen LogP contribution in [0.15, 0.2) is 10.5 Å². The fraction of sp³-hybridized carbons (Fsp3) is 0.714. The molecule has 0 aliphatic rings. The maximum Gasteiger partial charge on any atom is 0.105 e. The summed E-state index contributed by atoms with van der Waals surface area (Å²) in [7, 11) is 0. The Labute approximate surface area is 99.4 Å². The fourth-order valence-electron chi connectivity index (χ4n) is 2.15. The highest BCUT2D eigenvalue weighted by Crippen LogP contribution is 2.32. The minimum absolute atomic E-state index is 0.324. The molecule has 2 nitrogen and oxygen atoms in total. The van der Waals surface area contributed by atoms with Gasteiger partial charge in [-0.1, -0.05) is 27.7 Å². The number of aryl methyl sites for hydroxylation is 2. The van der Waals surface area contributed by atoms with Crippen LogP contribution in [0.4, 0.5) is 0 Å². The predicted octanol–water partition coefficient (Wildman–Crippen LogP) is 3.98. The summed E-state index contributed by atoms with van der Waals surface area (Å²) in [5.41, 5.74) is 1.64. The molecule has 92 valence electrons. The van der Waals surface area contributed by atoms with E-state index in [1.54, 1.807) is 0 Å². The van der Waals surface area contributed by atoms with Gasteiger partial charge in [0, 0.05) is 11.6 Å². The van der Waals surface area contributed by atoms with Crippen molar-refractivity contribution in [3.8, 4) is 0 Å². The van der Waals surface area contributed by atoms with Gasteiger partial charge in [-0.15, -0.1) is 0 Å². The quantitative estimate of drug-likeness (QED) is 0.835. The number of rotatable bonds is 4. The van der Waals surface area contributed by atoms with Crippen molar-refractivity contribution in [3.05, 3.63) is 23.2 Å². The second-order valence-corrected chi connectivity index (χ2v) is 5.74. The van der Waals surface area contributed by atoms with E-state index in [9.17, 15) is 0 Å². The minimum Gasteiger partial charge on any atom is -0.466 e. The summed E-state index contributed by atoms with van der Waals surface area (Å²) in [6.45, 7) is 14.0. The molecule has 1 atom stereocenters. The summed E-state index contributed by atoms with van der Waals surface area (Å²) >= 11 is 0. The van der Waals surface area contributed by atoms with Crippen molar-refractivity contribution in [1.29, 1.82) is 0 Å². The van der Waals surface area contributed by atoms with Crippen LogP contribution in [0.25, 0.3) is 0 Å².